The van der Waals surface area contributed by atoms with Gasteiger partial charge in [0.25, 0.3) is 5.91 Å². The molecule has 0 atom stereocenters. The third-order valence-electron chi connectivity index (χ3n) is 2.54. The molecule has 0 aliphatic heterocycles. The fraction of sp³-hybridized carbons (Fsp3) is 0.500. The predicted octanol–water partition coefficient (Wildman–Crippen LogP) is 1.35. The van der Waals surface area contributed by atoms with Crippen LogP contribution in [0.3, 0.4) is 0 Å². The molecule has 0 unspecified atom stereocenters. The van der Waals surface area contributed by atoms with Crippen LogP contribution in [0.4, 0.5) is 5.69 Å². The molecule has 1 saturated carbocycles. The number of amides is 1. The van der Waals surface area contributed by atoms with Crippen molar-refractivity contribution in [1.82, 2.24) is 5.32 Å². The average molecular weight is 306 g/mol. The number of thioether (sulfide) groups is 1. The van der Waals surface area contributed by atoms with Crippen LogP contribution in [-0.4, -0.2) is 32.9 Å². The molecule has 0 spiro atoms. The van der Waals surface area contributed by atoms with Gasteiger partial charge in [-0.15, -0.1) is 23.1 Å². The minimum atomic E-state index is -3.42. The molecule has 0 radical (unpaired) electrons. The Morgan fingerprint density at radius 1 is 1.50 bits per heavy atom. The Balaban J connectivity index is 2.43. The van der Waals surface area contributed by atoms with Crippen molar-refractivity contribution < 1.29 is 13.2 Å². The van der Waals surface area contributed by atoms with E-state index in [9.17, 15) is 13.2 Å². The SMILES string of the molecule is CSc1sc(C(=O)NC2CC2)c(N)c1S(C)(=O)=O. The highest BCUT2D eigenvalue weighted by Gasteiger charge is 2.29. The van der Waals surface area contributed by atoms with E-state index >= 15 is 0 Å². The molecule has 0 aromatic carbocycles. The summed E-state index contributed by atoms with van der Waals surface area (Å²) in [6.07, 6.45) is 4.83. The maximum atomic E-state index is 11.9. The second-order valence-corrected chi connectivity index (χ2v) is 8.23. The lowest BCUT2D eigenvalue weighted by Crippen LogP contribution is -2.25. The Morgan fingerprint density at radius 3 is 2.50 bits per heavy atom. The Labute approximate surface area is 114 Å². The number of nitrogens with two attached hydrogens (primary N) is 1. The molecule has 8 heteroatoms. The van der Waals surface area contributed by atoms with Gasteiger partial charge in [0.15, 0.2) is 9.84 Å². The van der Waals surface area contributed by atoms with Crippen LogP contribution < -0.4 is 11.1 Å². The van der Waals surface area contributed by atoms with Gasteiger partial charge in [0.05, 0.1) is 9.90 Å². The number of sulfone groups is 1. The highest BCUT2D eigenvalue weighted by Crippen LogP contribution is 2.40. The first-order valence-corrected chi connectivity index (χ1v) is 9.25. The molecule has 2 rings (SSSR count). The number of hydrogen-bond donors (Lipinski definition) is 2. The molecule has 1 aliphatic carbocycles. The summed E-state index contributed by atoms with van der Waals surface area (Å²) >= 11 is 2.43. The van der Waals surface area contributed by atoms with Gasteiger partial charge in [-0.1, -0.05) is 0 Å². The first-order chi connectivity index (χ1) is 8.34. The Kier molecular flexibility index (Phi) is 3.61. The Morgan fingerprint density at radius 2 is 2.11 bits per heavy atom. The number of rotatable bonds is 4. The van der Waals surface area contributed by atoms with Crippen LogP contribution in [0.1, 0.15) is 22.5 Å². The molecular weight excluding hydrogens is 292 g/mol. The minimum absolute atomic E-state index is 0.0741. The van der Waals surface area contributed by atoms with E-state index in [4.69, 9.17) is 5.73 Å². The van der Waals surface area contributed by atoms with E-state index in [0.29, 0.717) is 9.09 Å². The lowest BCUT2D eigenvalue weighted by Gasteiger charge is -2.02. The van der Waals surface area contributed by atoms with E-state index in [1.54, 1.807) is 6.26 Å². The zero-order valence-corrected chi connectivity index (χ0v) is 12.5. The summed E-state index contributed by atoms with van der Waals surface area (Å²) in [5, 5.41) is 2.81. The standard InChI is InChI=1S/C10H14N2O3S3/c1-16-10-8(18(2,14)15)6(11)7(17-10)9(13)12-5-3-4-5/h5H,3-4,11H2,1-2H3,(H,12,13). The van der Waals surface area contributed by atoms with Gasteiger partial charge in [-0.2, -0.15) is 0 Å². The summed E-state index contributed by atoms with van der Waals surface area (Å²) in [7, 11) is -3.42. The van der Waals surface area contributed by atoms with Crippen LogP contribution in [0.5, 0.6) is 0 Å². The van der Waals surface area contributed by atoms with Gasteiger partial charge in [0.1, 0.15) is 9.77 Å². The average Bonchev–Trinajstić information content (AvgIpc) is 2.98. The van der Waals surface area contributed by atoms with Gasteiger partial charge in [-0.25, -0.2) is 8.42 Å². The van der Waals surface area contributed by atoms with Crippen molar-refractivity contribution in [3.8, 4) is 0 Å². The van der Waals surface area contributed by atoms with Gasteiger partial charge in [0, 0.05) is 12.3 Å². The molecule has 5 nitrogen and oxygen atoms in total. The molecule has 1 heterocycles. The van der Waals surface area contributed by atoms with Crippen molar-refractivity contribution in [2.24, 2.45) is 0 Å². The first kappa shape index (κ1) is 13.7. The van der Waals surface area contributed by atoms with Crippen molar-refractivity contribution in [3.63, 3.8) is 0 Å². The molecule has 1 amide bonds. The van der Waals surface area contributed by atoms with Crippen LogP contribution >= 0.6 is 23.1 Å². The van der Waals surface area contributed by atoms with Gasteiger partial charge in [-0.3, -0.25) is 4.79 Å². The fourth-order valence-corrected chi connectivity index (χ4v) is 5.32. The molecule has 3 N–H and O–H groups in total. The van der Waals surface area contributed by atoms with E-state index in [-0.39, 0.29) is 22.5 Å². The van der Waals surface area contributed by atoms with E-state index in [2.05, 4.69) is 5.32 Å². The summed E-state index contributed by atoms with van der Waals surface area (Å²) in [6, 6.07) is 0.221. The summed E-state index contributed by atoms with van der Waals surface area (Å²) in [4.78, 5) is 12.3. The first-order valence-electron chi connectivity index (χ1n) is 5.31. The van der Waals surface area contributed by atoms with E-state index in [1.165, 1.54) is 11.8 Å². The summed E-state index contributed by atoms with van der Waals surface area (Å²) in [6.45, 7) is 0. The normalized spacial score (nSPS) is 15.7. The van der Waals surface area contributed by atoms with Gasteiger partial charge in [-0.05, 0) is 19.1 Å². The number of nitrogens with one attached hydrogen (secondary N) is 1. The molecule has 0 saturated heterocycles. The number of anilines is 1. The van der Waals surface area contributed by atoms with Crippen molar-refractivity contribution in [2.45, 2.75) is 28.0 Å². The maximum absolute atomic E-state index is 11.9. The molecule has 1 aromatic heterocycles. The highest BCUT2D eigenvalue weighted by atomic mass is 32.2. The number of thiophene rings is 1. The predicted molar refractivity (Wildman–Crippen MR) is 74.1 cm³/mol. The van der Waals surface area contributed by atoms with Crippen molar-refractivity contribution in [2.75, 3.05) is 18.2 Å². The van der Waals surface area contributed by atoms with Crippen molar-refractivity contribution in [3.05, 3.63) is 4.88 Å². The second kappa shape index (κ2) is 4.75. The smallest absolute Gasteiger partial charge is 0.263 e. The van der Waals surface area contributed by atoms with E-state index < -0.39 is 9.84 Å². The molecule has 1 aliphatic rings. The third-order valence-corrected chi connectivity index (χ3v) is 6.29. The summed E-state index contributed by atoms with van der Waals surface area (Å²) in [5.74, 6) is -0.273. The van der Waals surface area contributed by atoms with Crippen molar-refractivity contribution in [1.29, 1.82) is 0 Å². The van der Waals surface area contributed by atoms with Crippen LogP contribution in [-0.2, 0) is 9.84 Å². The van der Waals surface area contributed by atoms with E-state index in [0.717, 1.165) is 30.4 Å². The number of carbonyl (C=O) groups is 1. The molecule has 1 fully saturated rings. The lowest BCUT2D eigenvalue weighted by atomic mass is 10.4. The maximum Gasteiger partial charge on any atom is 0.263 e. The topological polar surface area (TPSA) is 89.3 Å². The lowest BCUT2D eigenvalue weighted by molar-refractivity contribution is 0.0956. The van der Waals surface area contributed by atoms with Crippen LogP contribution in [0.15, 0.2) is 9.10 Å². The van der Waals surface area contributed by atoms with Crippen LogP contribution in [0.25, 0.3) is 0 Å². The van der Waals surface area contributed by atoms with Gasteiger partial charge >= 0.3 is 0 Å². The van der Waals surface area contributed by atoms with Crippen LogP contribution in [0, 0.1) is 0 Å². The fourth-order valence-electron chi connectivity index (χ4n) is 1.54. The molecule has 100 valence electrons. The van der Waals surface area contributed by atoms with Gasteiger partial charge in [0.2, 0.25) is 0 Å². The molecule has 18 heavy (non-hydrogen) atoms. The Hall–Kier alpha value is -0.730. The Bertz CT molecular complexity index is 588. The molecular formula is C10H14N2O3S3. The van der Waals surface area contributed by atoms with Gasteiger partial charge < -0.3 is 11.1 Å². The summed E-state index contributed by atoms with van der Waals surface area (Å²) in [5.41, 5.74) is 5.89. The second-order valence-electron chi connectivity index (χ2n) is 4.19. The minimum Gasteiger partial charge on any atom is -0.396 e. The van der Waals surface area contributed by atoms with E-state index in [1.807, 2.05) is 0 Å². The monoisotopic (exact) mass is 306 g/mol. The summed E-state index contributed by atoms with van der Waals surface area (Å²) < 4.78 is 23.9. The zero-order valence-electron chi connectivity index (χ0n) is 10.0. The number of nitrogen functional groups attached to an aromatic ring is 1. The third kappa shape index (κ3) is 2.65. The number of hydrogen-bond acceptors (Lipinski definition) is 6. The highest BCUT2D eigenvalue weighted by molar-refractivity contribution is 8.01. The zero-order chi connectivity index (χ0) is 13.5. The van der Waals surface area contributed by atoms with Crippen LogP contribution in [0.2, 0.25) is 0 Å². The number of carbonyl (C=O) groups excluding carboxylic acids is 1. The van der Waals surface area contributed by atoms with Crippen molar-refractivity contribution >= 4 is 44.5 Å². The molecule has 0 bridgehead atoms. The largest absolute Gasteiger partial charge is 0.396 e. The molecule has 1 aromatic rings. The quantitative estimate of drug-likeness (QED) is 0.820.